The third kappa shape index (κ3) is 3.07. The van der Waals surface area contributed by atoms with Crippen molar-refractivity contribution in [3.8, 4) is 17.6 Å². The Morgan fingerprint density at radius 3 is 2.65 bits per heavy atom. The van der Waals surface area contributed by atoms with E-state index in [0.717, 1.165) is 0 Å². The molecule has 7 heteroatoms. The monoisotopic (exact) mass is 352 g/mol. The molecule has 0 aliphatic heterocycles. The number of benzene rings is 2. The molecule has 0 bridgehead atoms. The molecule has 2 aromatic carbocycles. The lowest BCUT2D eigenvalue weighted by Crippen LogP contribution is -1.93. The van der Waals surface area contributed by atoms with Gasteiger partial charge in [0.2, 0.25) is 5.75 Å². The first-order valence-electron chi connectivity index (χ1n) is 5.32. The molecule has 5 nitrogen and oxygen atoms in total. The van der Waals surface area contributed by atoms with Crippen LogP contribution < -0.4 is 4.74 Å². The van der Waals surface area contributed by atoms with E-state index in [-0.39, 0.29) is 16.5 Å². The van der Waals surface area contributed by atoms with Crippen LogP contribution in [-0.4, -0.2) is 4.92 Å². The summed E-state index contributed by atoms with van der Waals surface area (Å²) in [6.07, 6.45) is 0. The van der Waals surface area contributed by atoms with Crippen molar-refractivity contribution in [3.63, 3.8) is 0 Å². The summed E-state index contributed by atoms with van der Waals surface area (Å²) in [5, 5.41) is 20.0. The van der Waals surface area contributed by atoms with E-state index in [1.807, 2.05) is 6.07 Å². The standard InChI is InChI=1S/C13H6BrClN2O3/c14-11-6-10(3-1-8(11)7-16)20-13-4-2-9(15)5-12(13)17(18)19/h1-6H. The van der Waals surface area contributed by atoms with E-state index in [2.05, 4.69) is 15.9 Å². The van der Waals surface area contributed by atoms with Gasteiger partial charge in [0.15, 0.2) is 0 Å². The van der Waals surface area contributed by atoms with E-state index in [1.165, 1.54) is 18.2 Å². The summed E-state index contributed by atoms with van der Waals surface area (Å²) < 4.78 is 6.02. The summed E-state index contributed by atoms with van der Waals surface area (Å²) in [6.45, 7) is 0. The SMILES string of the molecule is N#Cc1ccc(Oc2ccc(Cl)cc2[N+](=O)[O-])cc1Br. The van der Waals surface area contributed by atoms with Crippen molar-refractivity contribution < 1.29 is 9.66 Å². The molecule has 0 unspecified atom stereocenters. The Labute approximate surface area is 127 Å². The average Bonchev–Trinajstić information content (AvgIpc) is 2.41. The molecule has 0 N–H and O–H groups in total. The zero-order valence-corrected chi connectivity index (χ0v) is 12.2. The van der Waals surface area contributed by atoms with Crippen molar-refractivity contribution in [2.75, 3.05) is 0 Å². The van der Waals surface area contributed by atoms with Gasteiger partial charge >= 0.3 is 5.69 Å². The average molecular weight is 354 g/mol. The van der Waals surface area contributed by atoms with Crippen molar-refractivity contribution in [1.29, 1.82) is 5.26 Å². The topological polar surface area (TPSA) is 76.2 Å². The van der Waals surface area contributed by atoms with Gasteiger partial charge in [0.25, 0.3) is 0 Å². The third-order valence-corrected chi connectivity index (χ3v) is 3.30. The van der Waals surface area contributed by atoms with Crippen molar-refractivity contribution in [2.24, 2.45) is 0 Å². The molecule has 2 rings (SSSR count). The van der Waals surface area contributed by atoms with Crippen LogP contribution in [0, 0.1) is 21.4 Å². The predicted molar refractivity (Wildman–Crippen MR) is 77.0 cm³/mol. The molecule has 0 saturated heterocycles. The molecule has 100 valence electrons. The van der Waals surface area contributed by atoms with Crippen LogP contribution >= 0.6 is 27.5 Å². The van der Waals surface area contributed by atoms with Gasteiger partial charge in [-0.2, -0.15) is 5.26 Å². The van der Waals surface area contributed by atoms with Crippen LogP contribution in [0.3, 0.4) is 0 Å². The first-order valence-corrected chi connectivity index (χ1v) is 6.50. The molecule has 0 aliphatic carbocycles. The van der Waals surface area contributed by atoms with Crippen LogP contribution in [0.2, 0.25) is 5.02 Å². The molecule has 0 heterocycles. The van der Waals surface area contributed by atoms with E-state index in [4.69, 9.17) is 21.6 Å². The maximum Gasteiger partial charge on any atom is 0.313 e. The van der Waals surface area contributed by atoms with Crippen molar-refractivity contribution >= 4 is 33.2 Å². The number of ether oxygens (including phenoxy) is 1. The summed E-state index contributed by atoms with van der Waals surface area (Å²) in [7, 11) is 0. The minimum atomic E-state index is -0.570. The summed E-state index contributed by atoms with van der Waals surface area (Å²) in [6, 6.07) is 10.8. The number of rotatable bonds is 3. The Kier molecular flexibility index (Phi) is 4.23. The smallest absolute Gasteiger partial charge is 0.313 e. The Hall–Kier alpha value is -2.10. The molecule has 0 radical (unpaired) electrons. The summed E-state index contributed by atoms with van der Waals surface area (Å²) >= 11 is 8.95. The highest BCUT2D eigenvalue weighted by Crippen LogP contribution is 2.34. The fourth-order valence-electron chi connectivity index (χ4n) is 1.50. The van der Waals surface area contributed by atoms with Crippen LogP contribution in [0.4, 0.5) is 5.69 Å². The number of nitro benzene ring substituents is 1. The number of hydrogen-bond acceptors (Lipinski definition) is 4. The van der Waals surface area contributed by atoms with Gasteiger partial charge in [-0.25, -0.2) is 0 Å². The lowest BCUT2D eigenvalue weighted by atomic mass is 10.2. The van der Waals surface area contributed by atoms with Gasteiger partial charge in [-0.05, 0) is 46.3 Å². The molecule has 0 atom stereocenters. The lowest BCUT2D eigenvalue weighted by molar-refractivity contribution is -0.385. The molecular weight excluding hydrogens is 348 g/mol. The van der Waals surface area contributed by atoms with Crippen LogP contribution in [0.15, 0.2) is 40.9 Å². The van der Waals surface area contributed by atoms with Gasteiger partial charge in [0.1, 0.15) is 11.8 Å². The largest absolute Gasteiger partial charge is 0.450 e. The van der Waals surface area contributed by atoms with Gasteiger partial charge in [-0.15, -0.1) is 0 Å². The Morgan fingerprint density at radius 2 is 2.05 bits per heavy atom. The third-order valence-electron chi connectivity index (χ3n) is 2.41. The molecule has 0 aromatic heterocycles. The van der Waals surface area contributed by atoms with Crippen LogP contribution in [-0.2, 0) is 0 Å². The Bertz CT molecular complexity index is 728. The van der Waals surface area contributed by atoms with Crippen molar-refractivity contribution in [1.82, 2.24) is 0 Å². The Balaban J connectivity index is 2.38. The number of hydrogen-bond donors (Lipinski definition) is 0. The van der Waals surface area contributed by atoms with E-state index in [0.29, 0.717) is 15.8 Å². The fourth-order valence-corrected chi connectivity index (χ4v) is 2.11. The normalized spacial score (nSPS) is 9.85. The number of halogens is 2. The minimum Gasteiger partial charge on any atom is -0.450 e. The van der Waals surface area contributed by atoms with Gasteiger partial charge in [0.05, 0.1) is 10.5 Å². The predicted octanol–water partition coefficient (Wildman–Crippen LogP) is 4.67. The summed E-state index contributed by atoms with van der Waals surface area (Å²) in [5.41, 5.74) is 0.223. The van der Waals surface area contributed by atoms with Gasteiger partial charge in [0, 0.05) is 15.6 Å². The van der Waals surface area contributed by atoms with E-state index < -0.39 is 4.92 Å². The van der Waals surface area contributed by atoms with Gasteiger partial charge < -0.3 is 4.74 Å². The zero-order chi connectivity index (χ0) is 14.7. The maximum absolute atomic E-state index is 10.9. The second-order valence-corrected chi connectivity index (χ2v) is 5.02. The minimum absolute atomic E-state index is 0.0796. The van der Waals surface area contributed by atoms with E-state index in [1.54, 1.807) is 18.2 Å². The second kappa shape index (κ2) is 5.90. The number of nitriles is 1. The molecule has 2 aromatic rings. The molecule has 0 spiro atoms. The summed E-state index contributed by atoms with van der Waals surface area (Å²) in [4.78, 5) is 10.4. The van der Waals surface area contributed by atoms with Crippen molar-refractivity contribution in [2.45, 2.75) is 0 Å². The van der Waals surface area contributed by atoms with Crippen LogP contribution in [0.25, 0.3) is 0 Å². The molecule has 20 heavy (non-hydrogen) atoms. The highest BCUT2D eigenvalue weighted by molar-refractivity contribution is 9.10. The molecule has 0 aliphatic rings. The first-order chi connectivity index (χ1) is 9.51. The lowest BCUT2D eigenvalue weighted by Gasteiger charge is -2.07. The number of nitro groups is 1. The maximum atomic E-state index is 10.9. The van der Waals surface area contributed by atoms with Crippen LogP contribution in [0.1, 0.15) is 5.56 Å². The zero-order valence-electron chi connectivity index (χ0n) is 9.84. The fraction of sp³-hybridized carbons (Fsp3) is 0. The number of nitrogens with zero attached hydrogens (tertiary/aromatic N) is 2. The van der Waals surface area contributed by atoms with Gasteiger partial charge in [-0.3, -0.25) is 10.1 Å². The molecule has 0 fully saturated rings. The molecule has 0 saturated carbocycles. The Morgan fingerprint density at radius 1 is 1.30 bits per heavy atom. The van der Waals surface area contributed by atoms with Crippen molar-refractivity contribution in [3.05, 3.63) is 61.6 Å². The quantitative estimate of drug-likeness (QED) is 0.593. The summed E-state index contributed by atoms with van der Waals surface area (Å²) in [5.74, 6) is 0.456. The van der Waals surface area contributed by atoms with E-state index >= 15 is 0 Å². The highest BCUT2D eigenvalue weighted by atomic mass is 79.9. The molecular formula is C13H6BrClN2O3. The highest BCUT2D eigenvalue weighted by Gasteiger charge is 2.16. The first kappa shape index (κ1) is 14.3. The van der Waals surface area contributed by atoms with Gasteiger partial charge in [-0.1, -0.05) is 11.6 Å². The molecule has 0 amide bonds. The van der Waals surface area contributed by atoms with Crippen LogP contribution in [0.5, 0.6) is 11.5 Å². The second-order valence-electron chi connectivity index (χ2n) is 3.72. The van der Waals surface area contributed by atoms with E-state index in [9.17, 15) is 10.1 Å².